The van der Waals surface area contributed by atoms with Gasteiger partial charge in [-0.25, -0.2) is 0 Å². The van der Waals surface area contributed by atoms with E-state index in [-0.39, 0.29) is 5.91 Å². The van der Waals surface area contributed by atoms with E-state index in [2.05, 4.69) is 9.71 Å². The van der Waals surface area contributed by atoms with Crippen molar-refractivity contribution in [2.24, 2.45) is 0 Å². The van der Waals surface area contributed by atoms with E-state index in [1.54, 1.807) is 18.3 Å². The van der Waals surface area contributed by atoms with Crippen molar-refractivity contribution in [3.63, 3.8) is 0 Å². The third-order valence-electron chi connectivity index (χ3n) is 3.65. The number of carbonyl (C=O) groups is 1. The lowest BCUT2D eigenvalue weighted by molar-refractivity contribution is 0.0984. The molecule has 3 rings (SSSR count). The van der Waals surface area contributed by atoms with Crippen molar-refractivity contribution in [3.8, 4) is 16.9 Å². The van der Waals surface area contributed by atoms with Crippen LogP contribution in [0.2, 0.25) is 0 Å². The Kier molecular flexibility index (Phi) is 5.69. The van der Waals surface area contributed by atoms with Crippen LogP contribution < -0.4 is 9.46 Å². The number of rotatable bonds is 6. The van der Waals surface area contributed by atoms with E-state index in [0.29, 0.717) is 12.2 Å². The number of pyridine rings is 1. The van der Waals surface area contributed by atoms with E-state index in [0.717, 1.165) is 22.4 Å². The minimum Gasteiger partial charge on any atom is -0.489 e. The van der Waals surface area contributed by atoms with Crippen molar-refractivity contribution in [1.29, 1.82) is 0 Å². The van der Waals surface area contributed by atoms with Gasteiger partial charge in [-0.2, -0.15) is 0 Å². The first-order valence-corrected chi connectivity index (χ1v) is 9.04. The maximum atomic E-state index is 11.7. The molecule has 126 valence electrons. The van der Waals surface area contributed by atoms with Gasteiger partial charge in [0.25, 0.3) is 5.91 Å². The van der Waals surface area contributed by atoms with Gasteiger partial charge in [0.2, 0.25) is 0 Å². The average Bonchev–Trinajstić information content (AvgIpc) is 2.68. The zero-order valence-electron chi connectivity index (χ0n) is 13.8. The summed E-state index contributed by atoms with van der Waals surface area (Å²) in [4.78, 5) is 15.9. The van der Waals surface area contributed by atoms with Crippen molar-refractivity contribution in [2.75, 3.05) is 6.26 Å². The second kappa shape index (κ2) is 8.35. The number of nitrogens with one attached hydrogen (secondary N) is 1. The first-order chi connectivity index (χ1) is 12.3. The molecule has 0 saturated carbocycles. The van der Waals surface area contributed by atoms with Gasteiger partial charge in [0, 0.05) is 29.8 Å². The predicted molar refractivity (Wildman–Crippen MR) is 101 cm³/mol. The topological polar surface area (TPSA) is 51.2 Å². The van der Waals surface area contributed by atoms with E-state index in [9.17, 15) is 4.79 Å². The van der Waals surface area contributed by atoms with Crippen LogP contribution in [0.1, 0.15) is 15.9 Å². The molecular weight excluding hydrogens is 332 g/mol. The lowest BCUT2D eigenvalue weighted by atomic mass is 10.1. The molecule has 0 saturated heterocycles. The van der Waals surface area contributed by atoms with Crippen LogP contribution in [0.25, 0.3) is 11.1 Å². The molecule has 0 spiro atoms. The third kappa shape index (κ3) is 4.61. The first kappa shape index (κ1) is 17.0. The normalized spacial score (nSPS) is 10.3. The van der Waals surface area contributed by atoms with Crippen LogP contribution in [-0.4, -0.2) is 17.1 Å². The molecule has 0 atom stereocenters. The minimum absolute atomic E-state index is 0.0934. The van der Waals surface area contributed by atoms with Crippen LogP contribution >= 0.6 is 11.9 Å². The molecule has 0 aliphatic carbocycles. The number of hydrogen-bond donors (Lipinski definition) is 1. The number of amides is 1. The Balaban J connectivity index is 1.65. The van der Waals surface area contributed by atoms with Crippen LogP contribution in [0.15, 0.2) is 73.1 Å². The number of aromatic nitrogens is 1. The lowest BCUT2D eigenvalue weighted by Crippen LogP contribution is -2.14. The minimum atomic E-state index is -0.0934. The van der Waals surface area contributed by atoms with Crippen LogP contribution in [0.5, 0.6) is 5.75 Å². The van der Waals surface area contributed by atoms with E-state index < -0.39 is 0 Å². The molecule has 25 heavy (non-hydrogen) atoms. The van der Waals surface area contributed by atoms with Gasteiger partial charge in [-0.3, -0.25) is 14.5 Å². The van der Waals surface area contributed by atoms with Gasteiger partial charge in [0.15, 0.2) is 0 Å². The number of nitrogens with zero attached hydrogens (tertiary/aromatic N) is 1. The molecule has 0 aliphatic rings. The lowest BCUT2D eigenvalue weighted by Gasteiger charge is -2.09. The molecule has 1 heterocycles. The van der Waals surface area contributed by atoms with Gasteiger partial charge >= 0.3 is 0 Å². The smallest absolute Gasteiger partial charge is 0.261 e. The summed E-state index contributed by atoms with van der Waals surface area (Å²) in [5.41, 5.74) is 3.76. The fraction of sp³-hybridized carbons (Fsp3) is 0.100. The van der Waals surface area contributed by atoms with Crippen LogP contribution in [0, 0.1) is 0 Å². The Morgan fingerprint density at radius 3 is 2.60 bits per heavy atom. The van der Waals surface area contributed by atoms with E-state index in [4.69, 9.17) is 4.74 Å². The molecule has 1 amide bonds. The zero-order valence-corrected chi connectivity index (χ0v) is 14.6. The van der Waals surface area contributed by atoms with Crippen molar-refractivity contribution in [1.82, 2.24) is 9.71 Å². The second-order valence-electron chi connectivity index (χ2n) is 5.39. The summed E-state index contributed by atoms with van der Waals surface area (Å²) >= 11 is 1.29. The number of carbonyl (C=O) groups excluding carboxylic acids is 1. The van der Waals surface area contributed by atoms with Crippen LogP contribution in [-0.2, 0) is 6.61 Å². The molecule has 1 aromatic heterocycles. The summed E-state index contributed by atoms with van der Waals surface area (Å²) in [7, 11) is 0. The summed E-state index contributed by atoms with van der Waals surface area (Å²) in [5, 5.41) is 0. The van der Waals surface area contributed by atoms with Gasteiger partial charge in [-0.05, 0) is 41.5 Å². The maximum Gasteiger partial charge on any atom is 0.261 e. The highest BCUT2D eigenvalue weighted by molar-refractivity contribution is 7.97. The summed E-state index contributed by atoms with van der Waals surface area (Å²) in [6, 6.07) is 19.3. The standard InChI is InChI=1S/C20H18N2O2S/c1-25-22-20(23)16-9-7-15(8-10-16)14-24-19-6-2-4-17(12-19)18-5-3-11-21-13-18/h2-13H,14H2,1H3,(H,22,23). The Bertz CT molecular complexity index is 836. The Hall–Kier alpha value is -2.79. The highest BCUT2D eigenvalue weighted by Crippen LogP contribution is 2.23. The van der Waals surface area contributed by atoms with Crippen molar-refractivity contribution in [3.05, 3.63) is 84.2 Å². The van der Waals surface area contributed by atoms with Crippen LogP contribution in [0.4, 0.5) is 0 Å². The Morgan fingerprint density at radius 2 is 1.88 bits per heavy atom. The fourth-order valence-electron chi connectivity index (χ4n) is 2.37. The summed E-state index contributed by atoms with van der Waals surface area (Å²) in [5.74, 6) is 0.703. The number of hydrogen-bond acceptors (Lipinski definition) is 4. The highest BCUT2D eigenvalue weighted by Gasteiger charge is 2.05. The van der Waals surface area contributed by atoms with E-state index in [1.165, 1.54) is 11.9 Å². The van der Waals surface area contributed by atoms with E-state index >= 15 is 0 Å². The van der Waals surface area contributed by atoms with Gasteiger partial charge < -0.3 is 4.74 Å². The fourth-order valence-corrected chi connectivity index (χ4v) is 2.67. The van der Waals surface area contributed by atoms with Gasteiger partial charge in [0.05, 0.1) is 0 Å². The Morgan fingerprint density at radius 1 is 1.08 bits per heavy atom. The van der Waals surface area contributed by atoms with Gasteiger partial charge in [0.1, 0.15) is 12.4 Å². The number of ether oxygens (including phenoxy) is 1. The molecule has 2 aromatic carbocycles. The van der Waals surface area contributed by atoms with E-state index in [1.807, 2.05) is 61.0 Å². The monoisotopic (exact) mass is 350 g/mol. The van der Waals surface area contributed by atoms with Crippen molar-refractivity contribution < 1.29 is 9.53 Å². The molecular formula is C20H18N2O2S. The molecule has 1 N–H and O–H groups in total. The maximum absolute atomic E-state index is 11.7. The molecule has 4 nitrogen and oxygen atoms in total. The SMILES string of the molecule is CSNC(=O)c1ccc(COc2cccc(-c3cccnc3)c2)cc1. The van der Waals surface area contributed by atoms with Crippen molar-refractivity contribution in [2.45, 2.75) is 6.61 Å². The molecule has 0 aliphatic heterocycles. The molecule has 3 aromatic rings. The average molecular weight is 350 g/mol. The van der Waals surface area contributed by atoms with Gasteiger partial charge in [-0.1, -0.05) is 42.3 Å². The largest absolute Gasteiger partial charge is 0.489 e. The third-order valence-corrected chi connectivity index (χ3v) is 4.03. The molecule has 0 bridgehead atoms. The quantitative estimate of drug-likeness (QED) is 0.672. The first-order valence-electron chi connectivity index (χ1n) is 7.82. The molecule has 0 fully saturated rings. The second-order valence-corrected chi connectivity index (χ2v) is 6.00. The highest BCUT2D eigenvalue weighted by atomic mass is 32.2. The Labute approximate surface area is 151 Å². The van der Waals surface area contributed by atoms with Crippen LogP contribution in [0.3, 0.4) is 0 Å². The molecule has 0 radical (unpaired) electrons. The zero-order chi connectivity index (χ0) is 17.5. The molecule has 0 unspecified atom stereocenters. The summed E-state index contributed by atoms with van der Waals surface area (Å²) < 4.78 is 8.58. The number of benzene rings is 2. The molecule has 5 heteroatoms. The van der Waals surface area contributed by atoms with Gasteiger partial charge in [-0.15, -0.1) is 0 Å². The summed E-state index contributed by atoms with van der Waals surface area (Å²) in [6.45, 7) is 0.445. The summed E-state index contributed by atoms with van der Waals surface area (Å²) in [6.07, 6.45) is 5.41. The van der Waals surface area contributed by atoms with Crippen molar-refractivity contribution >= 4 is 17.9 Å². The predicted octanol–water partition coefficient (Wildman–Crippen LogP) is 4.34.